The molecule has 0 fully saturated rings. The number of H-pyrrole nitrogens is 1. The predicted octanol–water partition coefficient (Wildman–Crippen LogP) is 3.10. The molecule has 0 atom stereocenters. The number of anilines is 2. The van der Waals surface area contributed by atoms with Gasteiger partial charge in [-0.1, -0.05) is 39.8 Å². The van der Waals surface area contributed by atoms with Crippen LogP contribution in [0.2, 0.25) is 0 Å². The Bertz CT molecular complexity index is 635. The summed E-state index contributed by atoms with van der Waals surface area (Å²) in [6.07, 6.45) is 0.715. The van der Waals surface area contributed by atoms with Crippen LogP contribution in [0.5, 0.6) is 0 Å². The molecule has 0 saturated carbocycles. The normalized spacial score (nSPS) is 11.4. The van der Waals surface area contributed by atoms with Crippen LogP contribution in [0.3, 0.4) is 0 Å². The van der Waals surface area contributed by atoms with E-state index >= 15 is 0 Å². The van der Waals surface area contributed by atoms with Gasteiger partial charge in [0.05, 0.1) is 11.4 Å². The molecule has 5 nitrogen and oxygen atoms in total. The molecule has 112 valence electrons. The summed E-state index contributed by atoms with van der Waals surface area (Å²) in [5, 5.41) is 9.57. The van der Waals surface area contributed by atoms with E-state index in [9.17, 15) is 4.79 Å². The van der Waals surface area contributed by atoms with E-state index in [0.29, 0.717) is 12.1 Å². The Morgan fingerprint density at radius 3 is 2.38 bits per heavy atom. The molecule has 0 unspecified atom stereocenters. The molecule has 4 N–H and O–H groups in total. The van der Waals surface area contributed by atoms with Gasteiger partial charge in [-0.15, -0.1) is 0 Å². The molecule has 5 heteroatoms. The van der Waals surface area contributed by atoms with E-state index in [-0.39, 0.29) is 17.0 Å². The number of aromatic nitrogens is 2. The standard InChI is InChI=1S/C16H22N4O/c1-5-12-13(17)14(20-19-12)15(21)18-11-8-6-10(7-9-11)16(2,3)4/h6-9H,5,17H2,1-4H3,(H,18,21)(H,19,20). The van der Waals surface area contributed by atoms with Crippen LogP contribution in [0, 0.1) is 0 Å². The van der Waals surface area contributed by atoms with Crippen molar-refractivity contribution in [2.75, 3.05) is 11.1 Å². The summed E-state index contributed by atoms with van der Waals surface area (Å²) in [6.45, 7) is 8.41. The fourth-order valence-corrected chi connectivity index (χ4v) is 2.07. The molecular weight excluding hydrogens is 264 g/mol. The number of benzene rings is 1. The highest BCUT2D eigenvalue weighted by molar-refractivity contribution is 6.06. The van der Waals surface area contributed by atoms with Crippen LogP contribution in [0.25, 0.3) is 0 Å². The lowest BCUT2D eigenvalue weighted by Crippen LogP contribution is -2.15. The highest BCUT2D eigenvalue weighted by Crippen LogP contribution is 2.24. The third kappa shape index (κ3) is 3.24. The zero-order valence-electron chi connectivity index (χ0n) is 12.9. The molecule has 0 aliphatic rings. The Labute approximate surface area is 124 Å². The Morgan fingerprint density at radius 2 is 1.90 bits per heavy atom. The van der Waals surface area contributed by atoms with E-state index in [1.54, 1.807) is 0 Å². The van der Waals surface area contributed by atoms with Crippen molar-refractivity contribution < 1.29 is 4.79 Å². The van der Waals surface area contributed by atoms with E-state index in [0.717, 1.165) is 11.4 Å². The van der Waals surface area contributed by atoms with Crippen molar-refractivity contribution >= 4 is 17.3 Å². The second-order valence-corrected chi connectivity index (χ2v) is 6.10. The maximum atomic E-state index is 12.2. The number of hydrogen-bond acceptors (Lipinski definition) is 3. The third-order valence-corrected chi connectivity index (χ3v) is 3.46. The van der Waals surface area contributed by atoms with Crippen LogP contribution >= 0.6 is 0 Å². The number of amides is 1. The van der Waals surface area contributed by atoms with Gasteiger partial charge in [-0.05, 0) is 29.5 Å². The summed E-state index contributed by atoms with van der Waals surface area (Å²) in [6, 6.07) is 7.81. The molecule has 0 aliphatic heterocycles. The highest BCUT2D eigenvalue weighted by Gasteiger charge is 2.17. The van der Waals surface area contributed by atoms with E-state index in [4.69, 9.17) is 5.73 Å². The topological polar surface area (TPSA) is 83.8 Å². The van der Waals surface area contributed by atoms with Crippen LogP contribution in [0.15, 0.2) is 24.3 Å². The molecule has 0 radical (unpaired) electrons. The molecule has 21 heavy (non-hydrogen) atoms. The second kappa shape index (κ2) is 5.60. The molecule has 1 aromatic heterocycles. The number of nitrogens with two attached hydrogens (primary N) is 1. The number of hydrogen-bond donors (Lipinski definition) is 3. The lowest BCUT2D eigenvalue weighted by Gasteiger charge is -2.19. The van der Waals surface area contributed by atoms with Gasteiger partial charge in [0, 0.05) is 5.69 Å². The average molecular weight is 286 g/mol. The number of aromatic amines is 1. The van der Waals surface area contributed by atoms with Crippen molar-refractivity contribution in [3.8, 4) is 0 Å². The lowest BCUT2D eigenvalue weighted by atomic mass is 9.87. The Hall–Kier alpha value is -2.30. The summed E-state index contributed by atoms with van der Waals surface area (Å²) < 4.78 is 0. The Balaban J connectivity index is 2.14. The zero-order chi connectivity index (χ0) is 15.6. The van der Waals surface area contributed by atoms with Crippen molar-refractivity contribution in [1.29, 1.82) is 0 Å². The highest BCUT2D eigenvalue weighted by atomic mass is 16.2. The van der Waals surface area contributed by atoms with Crippen molar-refractivity contribution in [2.45, 2.75) is 39.5 Å². The number of rotatable bonds is 3. The quantitative estimate of drug-likeness (QED) is 0.810. The van der Waals surface area contributed by atoms with E-state index in [1.807, 2.05) is 31.2 Å². The molecule has 2 rings (SSSR count). The first-order valence-electron chi connectivity index (χ1n) is 7.07. The minimum atomic E-state index is -0.299. The number of aryl methyl sites for hydroxylation is 1. The minimum absolute atomic E-state index is 0.0885. The Kier molecular flexibility index (Phi) is 4.02. The number of carbonyl (C=O) groups is 1. The Morgan fingerprint density at radius 1 is 1.29 bits per heavy atom. The van der Waals surface area contributed by atoms with Crippen molar-refractivity contribution in [3.05, 3.63) is 41.2 Å². The summed E-state index contributed by atoms with van der Waals surface area (Å²) in [5.74, 6) is -0.299. The molecule has 0 bridgehead atoms. The van der Waals surface area contributed by atoms with Crippen LogP contribution in [-0.4, -0.2) is 16.1 Å². The van der Waals surface area contributed by atoms with E-state index in [1.165, 1.54) is 5.56 Å². The summed E-state index contributed by atoms with van der Waals surface area (Å²) in [4.78, 5) is 12.2. The average Bonchev–Trinajstić information content (AvgIpc) is 2.79. The first-order chi connectivity index (χ1) is 9.82. The molecular formula is C16H22N4O. The smallest absolute Gasteiger partial charge is 0.278 e. The predicted molar refractivity (Wildman–Crippen MR) is 85.5 cm³/mol. The number of nitrogens with one attached hydrogen (secondary N) is 2. The van der Waals surface area contributed by atoms with Crippen molar-refractivity contribution in [1.82, 2.24) is 10.2 Å². The third-order valence-electron chi connectivity index (χ3n) is 3.46. The van der Waals surface area contributed by atoms with Gasteiger partial charge in [0.1, 0.15) is 0 Å². The van der Waals surface area contributed by atoms with Crippen molar-refractivity contribution in [3.63, 3.8) is 0 Å². The number of carbonyl (C=O) groups excluding carboxylic acids is 1. The molecule has 1 aromatic carbocycles. The molecule has 0 spiro atoms. The molecule has 2 aromatic rings. The van der Waals surface area contributed by atoms with Crippen LogP contribution in [-0.2, 0) is 11.8 Å². The summed E-state index contributed by atoms with van der Waals surface area (Å²) >= 11 is 0. The number of nitrogen functional groups attached to an aromatic ring is 1. The van der Waals surface area contributed by atoms with Crippen LogP contribution in [0.1, 0.15) is 49.4 Å². The minimum Gasteiger partial charge on any atom is -0.395 e. The fourth-order valence-electron chi connectivity index (χ4n) is 2.07. The van der Waals surface area contributed by atoms with Gasteiger partial charge >= 0.3 is 0 Å². The summed E-state index contributed by atoms with van der Waals surface area (Å²) in [7, 11) is 0. The molecule has 0 aliphatic carbocycles. The first-order valence-corrected chi connectivity index (χ1v) is 7.07. The first kappa shape index (κ1) is 15.1. The largest absolute Gasteiger partial charge is 0.395 e. The molecule has 1 amide bonds. The number of nitrogens with zero attached hydrogens (tertiary/aromatic N) is 1. The van der Waals surface area contributed by atoms with Gasteiger partial charge in [-0.25, -0.2) is 0 Å². The molecule has 0 saturated heterocycles. The van der Waals surface area contributed by atoms with Crippen LogP contribution in [0.4, 0.5) is 11.4 Å². The second-order valence-electron chi connectivity index (χ2n) is 6.10. The fraction of sp³-hybridized carbons (Fsp3) is 0.375. The SMILES string of the molecule is CCc1[nH]nc(C(=O)Nc2ccc(C(C)(C)C)cc2)c1N. The lowest BCUT2D eigenvalue weighted by molar-refractivity contribution is 0.102. The van der Waals surface area contributed by atoms with Gasteiger partial charge in [0.2, 0.25) is 0 Å². The molecule has 1 heterocycles. The van der Waals surface area contributed by atoms with E-state index < -0.39 is 0 Å². The van der Waals surface area contributed by atoms with Gasteiger partial charge in [0.15, 0.2) is 5.69 Å². The maximum absolute atomic E-state index is 12.2. The summed E-state index contributed by atoms with van der Waals surface area (Å²) in [5.41, 5.74) is 9.37. The monoisotopic (exact) mass is 286 g/mol. The maximum Gasteiger partial charge on any atom is 0.278 e. The van der Waals surface area contributed by atoms with Gasteiger partial charge in [-0.3, -0.25) is 9.89 Å². The van der Waals surface area contributed by atoms with Crippen molar-refractivity contribution in [2.24, 2.45) is 0 Å². The zero-order valence-corrected chi connectivity index (χ0v) is 12.9. The van der Waals surface area contributed by atoms with Gasteiger partial charge in [0.25, 0.3) is 5.91 Å². The van der Waals surface area contributed by atoms with Crippen LogP contribution < -0.4 is 11.1 Å². The van der Waals surface area contributed by atoms with Gasteiger partial charge in [-0.2, -0.15) is 5.10 Å². The van der Waals surface area contributed by atoms with E-state index in [2.05, 4.69) is 36.3 Å². The van der Waals surface area contributed by atoms with Gasteiger partial charge < -0.3 is 11.1 Å².